The summed E-state index contributed by atoms with van der Waals surface area (Å²) in [6.07, 6.45) is -2.60. The number of allylic oxidation sites excluding steroid dienone is 2. The highest BCUT2D eigenvalue weighted by Gasteiger charge is 2.55. The van der Waals surface area contributed by atoms with Crippen molar-refractivity contribution in [1.29, 1.82) is 0 Å². The highest BCUT2D eigenvalue weighted by Crippen LogP contribution is 2.53. The molecule has 2 aliphatic rings. The van der Waals surface area contributed by atoms with E-state index in [1.807, 2.05) is 0 Å². The molecule has 3 aromatic rings. The molecule has 1 nitrogen and oxygen atoms in total. The fourth-order valence-electron chi connectivity index (χ4n) is 4.51. The Hall–Kier alpha value is -4.16. The molecule has 19 heteroatoms. The van der Waals surface area contributed by atoms with Gasteiger partial charge in [0, 0.05) is 28.7 Å². The molecule has 3 aromatic carbocycles. The van der Waals surface area contributed by atoms with Crippen LogP contribution in [0.1, 0.15) is 18.1 Å². The van der Waals surface area contributed by atoms with E-state index in [1.165, 1.54) is 6.92 Å². The second kappa shape index (κ2) is 11.9. The molecule has 0 saturated heterocycles. The molecule has 0 amide bonds. The molecule has 0 heterocycles. The van der Waals surface area contributed by atoms with Crippen LogP contribution in [0.15, 0.2) is 17.2 Å². The van der Waals surface area contributed by atoms with Gasteiger partial charge in [-0.25, -0.2) is 79.0 Å². The minimum Gasteiger partial charge on any atom is -0.277 e. The Morgan fingerprint density at radius 2 is 0.848 bits per heavy atom. The maximum absolute atomic E-state index is 14.6. The van der Waals surface area contributed by atoms with Gasteiger partial charge in [-0.1, -0.05) is 6.92 Å². The monoisotopic (exact) mass is 688 g/mol. The van der Waals surface area contributed by atoms with Crippen LogP contribution < -0.4 is 5.32 Å². The van der Waals surface area contributed by atoms with Crippen molar-refractivity contribution in [1.82, 2.24) is 5.32 Å². The molecule has 247 valence electrons. The van der Waals surface area contributed by atoms with E-state index in [0.29, 0.717) is 6.42 Å². The van der Waals surface area contributed by atoms with E-state index in [4.69, 9.17) is 0 Å². The second-order valence-electron chi connectivity index (χ2n) is 9.14. The second-order valence-corrected chi connectivity index (χ2v) is 9.14. The smallest absolute Gasteiger partial charge is 0.251 e. The van der Waals surface area contributed by atoms with Crippen molar-refractivity contribution in [3.8, 4) is 11.1 Å². The van der Waals surface area contributed by atoms with E-state index in [1.54, 1.807) is 5.32 Å². The van der Waals surface area contributed by atoms with Gasteiger partial charge in [0.25, 0.3) is 5.79 Å². The SMILES string of the molecule is CCNC1(F)C(F)=C(F)C2=C(c3c(F)c(F)c(F)c(F)c3[CH]2)C1F.Fc1c(F)c(F)c(-c2c(F)c(F)c(F)c(F)c2F)c(F)c1F. The molecule has 2 aliphatic carbocycles. The summed E-state index contributed by atoms with van der Waals surface area (Å²) in [4.78, 5) is 0. The first-order valence-electron chi connectivity index (χ1n) is 11.9. The van der Waals surface area contributed by atoms with Gasteiger partial charge in [-0.3, -0.25) is 5.32 Å². The molecule has 0 bridgehead atoms. The molecule has 46 heavy (non-hydrogen) atoms. The zero-order chi connectivity index (χ0) is 34.9. The first-order valence-corrected chi connectivity index (χ1v) is 11.9. The van der Waals surface area contributed by atoms with E-state index in [2.05, 4.69) is 0 Å². The minimum atomic E-state index is -3.68. The number of alkyl halides is 2. The third-order valence-electron chi connectivity index (χ3n) is 6.61. The van der Waals surface area contributed by atoms with Crippen LogP contribution >= 0.6 is 0 Å². The first kappa shape index (κ1) is 34.7. The summed E-state index contributed by atoms with van der Waals surface area (Å²) < 4.78 is 243. The quantitative estimate of drug-likeness (QED) is 0.125. The van der Waals surface area contributed by atoms with Crippen molar-refractivity contribution in [2.24, 2.45) is 0 Å². The molecular weight excluding hydrogens is 680 g/mol. The Morgan fingerprint density at radius 3 is 1.22 bits per heavy atom. The number of fused-ring (bicyclic) bond motifs is 2. The predicted molar refractivity (Wildman–Crippen MR) is 120 cm³/mol. The van der Waals surface area contributed by atoms with Crippen molar-refractivity contribution in [3.63, 3.8) is 0 Å². The third-order valence-corrected chi connectivity index (χ3v) is 6.61. The van der Waals surface area contributed by atoms with Crippen LogP contribution in [0.2, 0.25) is 0 Å². The molecule has 0 spiro atoms. The Kier molecular flexibility index (Phi) is 8.97. The van der Waals surface area contributed by atoms with Crippen LogP contribution in [0.25, 0.3) is 16.7 Å². The van der Waals surface area contributed by atoms with Crippen LogP contribution in [0.4, 0.5) is 79.0 Å². The summed E-state index contributed by atoms with van der Waals surface area (Å²) in [5, 5.41) is 1.75. The summed E-state index contributed by atoms with van der Waals surface area (Å²) in [7, 11) is 0. The van der Waals surface area contributed by atoms with Crippen molar-refractivity contribution in [2.75, 3.05) is 6.54 Å². The van der Waals surface area contributed by atoms with Gasteiger partial charge in [-0.05, 0) is 6.54 Å². The van der Waals surface area contributed by atoms with Crippen molar-refractivity contribution >= 4 is 5.57 Å². The number of halogens is 18. The van der Waals surface area contributed by atoms with Crippen LogP contribution in [0.3, 0.4) is 0 Å². The Morgan fingerprint density at radius 1 is 0.522 bits per heavy atom. The fourth-order valence-corrected chi connectivity index (χ4v) is 4.51. The molecule has 0 fully saturated rings. The standard InChI is InChI=1S/C15H8F8N.C12F10/c1-2-24-15(23)13(21)7-5(9(17)14(15)22)3-4-6(7)10(18)12(20)11(19)8(4)16;13-3-1(4(14)8(18)11(21)7(3)17)2-5(15)9(19)12(22)10(20)6(2)16/h3,13,24H,2H2,1H3;. The molecule has 5 rings (SSSR count). The van der Waals surface area contributed by atoms with Gasteiger partial charge < -0.3 is 0 Å². The van der Waals surface area contributed by atoms with Gasteiger partial charge >= 0.3 is 0 Å². The van der Waals surface area contributed by atoms with Gasteiger partial charge in [-0.2, -0.15) is 0 Å². The van der Waals surface area contributed by atoms with Gasteiger partial charge in [0.2, 0.25) is 11.6 Å². The lowest BCUT2D eigenvalue weighted by molar-refractivity contribution is 0.0548. The van der Waals surface area contributed by atoms with Crippen LogP contribution in [0, 0.1) is 87.9 Å². The zero-order valence-corrected chi connectivity index (χ0v) is 21.7. The largest absolute Gasteiger partial charge is 0.277 e. The zero-order valence-electron chi connectivity index (χ0n) is 21.7. The van der Waals surface area contributed by atoms with E-state index in [9.17, 15) is 79.0 Å². The van der Waals surface area contributed by atoms with Crippen molar-refractivity contribution in [2.45, 2.75) is 18.9 Å². The number of hydrogen-bond acceptors (Lipinski definition) is 1. The maximum atomic E-state index is 14.6. The number of nitrogens with one attached hydrogen (secondary N) is 1. The van der Waals surface area contributed by atoms with Gasteiger partial charge in [0.1, 0.15) is 0 Å². The average molecular weight is 688 g/mol. The number of likely N-dealkylation sites (N-methyl/N-ethyl adjacent to an activating group) is 1. The predicted octanol–water partition coefficient (Wildman–Crippen LogP) is 9.08. The molecule has 1 radical (unpaired) electrons. The van der Waals surface area contributed by atoms with Crippen LogP contribution in [-0.2, 0) is 0 Å². The van der Waals surface area contributed by atoms with E-state index >= 15 is 0 Å². The summed E-state index contributed by atoms with van der Waals surface area (Å²) >= 11 is 0. The molecule has 1 N–H and O–H groups in total. The highest BCUT2D eigenvalue weighted by atomic mass is 19.2. The lowest BCUT2D eigenvalue weighted by Crippen LogP contribution is -2.52. The third kappa shape index (κ3) is 4.80. The molecule has 0 aromatic heterocycles. The fraction of sp³-hybridized carbons (Fsp3) is 0.148. The van der Waals surface area contributed by atoms with Gasteiger partial charge in [0.15, 0.2) is 87.6 Å². The molecule has 0 aliphatic heterocycles. The van der Waals surface area contributed by atoms with Gasteiger partial charge in [0.05, 0.1) is 11.1 Å². The summed E-state index contributed by atoms with van der Waals surface area (Å²) in [5.74, 6) is -42.8. The Bertz CT molecular complexity index is 1750. The lowest BCUT2D eigenvalue weighted by Gasteiger charge is -2.33. The molecule has 2 unspecified atom stereocenters. The molecule has 2 atom stereocenters. The lowest BCUT2D eigenvalue weighted by atomic mass is 9.88. The molecule has 0 saturated carbocycles. The number of hydrogen-bond donors (Lipinski definition) is 1. The topological polar surface area (TPSA) is 12.0 Å². The van der Waals surface area contributed by atoms with E-state index in [-0.39, 0.29) is 6.54 Å². The first-order chi connectivity index (χ1) is 21.3. The Labute approximate surface area is 243 Å². The normalized spacial score (nSPS) is 19.0. The number of rotatable bonds is 3. The van der Waals surface area contributed by atoms with Gasteiger partial charge in [-0.15, -0.1) is 0 Å². The maximum Gasteiger partial charge on any atom is 0.251 e. The number of benzene rings is 3. The minimum absolute atomic E-state index is 0.328. The molecular formula is C27H8F18N. The highest BCUT2D eigenvalue weighted by molar-refractivity contribution is 5.88. The van der Waals surface area contributed by atoms with E-state index in [0.717, 1.165) is 0 Å². The van der Waals surface area contributed by atoms with Crippen molar-refractivity contribution in [3.05, 3.63) is 116 Å². The van der Waals surface area contributed by atoms with Crippen LogP contribution in [-0.4, -0.2) is 18.5 Å². The average Bonchev–Trinajstić information content (AvgIpc) is 3.44. The summed E-state index contributed by atoms with van der Waals surface area (Å²) in [6, 6.07) is 0. The van der Waals surface area contributed by atoms with Crippen LogP contribution in [0.5, 0.6) is 0 Å². The summed E-state index contributed by atoms with van der Waals surface area (Å²) in [5.41, 5.74) is -8.82. The van der Waals surface area contributed by atoms with Crippen molar-refractivity contribution < 1.29 is 79.0 Å². The Balaban J connectivity index is 0.000000210. The summed E-state index contributed by atoms with van der Waals surface area (Å²) in [6.45, 7) is 0.943. The van der Waals surface area contributed by atoms with E-state index < -0.39 is 138 Å².